The summed E-state index contributed by atoms with van der Waals surface area (Å²) in [6, 6.07) is 0.0182. The molecule has 0 aliphatic rings. The molecule has 0 aromatic rings. The van der Waals surface area contributed by atoms with Crippen LogP contribution in [0.4, 0.5) is 0 Å². The summed E-state index contributed by atoms with van der Waals surface area (Å²) in [5, 5.41) is 17.0. The molecule has 0 spiro atoms. The minimum atomic E-state index is -0.691. The number of carbonyl (C=O) groups excluding carboxylic acids is 1. The summed E-state index contributed by atoms with van der Waals surface area (Å²) in [6.45, 7) is 19.8. The molecule has 4 nitrogen and oxygen atoms in total. The van der Waals surface area contributed by atoms with Crippen LogP contribution in [0.25, 0.3) is 0 Å². The number of ketones is 1. The minimum absolute atomic E-state index is 0.0182. The van der Waals surface area contributed by atoms with E-state index in [-0.39, 0.29) is 12.0 Å². The first-order chi connectivity index (χ1) is 11.7. The van der Waals surface area contributed by atoms with E-state index >= 15 is 0 Å². The predicted molar refractivity (Wildman–Crippen MR) is 114 cm³/mol. The number of aliphatic hydroxyl groups excluding tert-OH is 1. The summed E-state index contributed by atoms with van der Waals surface area (Å²) in [5.74, 6) is 0.433. The lowest BCUT2D eigenvalue weighted by Gasteiger charge is -2.25. The van der Waals surface area contributed by atoms with Gasteiger partial charge in [-0.15, -0.1) is 0 Å². The van der Waals surface area contributed by atoms with Crippen molar-refractivity contribution in [3.05, 3.63) is 0 Å². The smallest absolute Gasteiger partial charge is 0.135 e. The normalized spacial score (nSPS) is 13.5. The zero-order chi connectivity index (χ0) is 21.5. The van der Waals surface area contributed by atoms with E-state index in [0.29, 0.717) is 18.6 Å². The maximum Gasteiger partial charge on any atom is 0.135 e. The topological polar surface area (TPSA) is 83.5 Å². The molecule has 0 fully saturated rings. The quantitative estimate of drug-likeness (QED) is 0.542. The second-order valence-electron chi connectivity index (χ2n) is 6.00. The van der Waals surface area contributed by atoms with Crippen molar-refractivity contribution < 1.29 is 15.0 Å². The predicted octanol–water partition coefficient (Wildman–Crippen LogP) is 5.34. The van der Waals surface area contributed by atoms with Gasteiger partial charge < -0.3 is 15.9 Å². The number of rotatable bonds is 8. The van der Waals surface area contributed by atoms with Crippen LogP contribution in [0.1, 0.15) is 108 Å². The van der Waals surface area contributed by atoms with Gasteiger partial charge in [0.15, 0.2) is 0 Å². The summed E-state index contributed by atoms with van der Waals surface area (Å²) >= 11 is 0. The molecule has 0 rings (SSSR count). The summed E-state index contributed by atoms with van der Waals surface area (Å²) in [6.07, 6.45) is 4.94. The van der Waals surface area contributed by atoms with Crippen LogP contribution < -0.4 is 5.73 Å². The molecule has 0 aromatic carbocycles. The Morgan fingerprint density at radius 3 is 1.68 bits per heavy atom. The molecule has 4 heteroatoms. The van der Waals surface area contributed by atoms with E-state index in [4.69, 9.17) is 10.8 Å². The van der Waals surface area contributed by atoms with Crippen LogP contribution in [-0.2, 0) is 4.79 Å². The van der Waals surface area contributed by atoms with E-state index in [9.17, 15) is 9.90 Å². The molecule has 4 N–H and O–H groups in total. The van der Waals surface area contributed by atoms with Crippen LogP contribution in [0.15, 0.2) is 0 Å². The largest absolute Gasteiger partial charge is 0.400 e. The molecular formula is C21H51NO3. The maximum absolute atomic E-state index is 11.4. The fraction of sp³-hybridized carbons (Fsp3) is 0.952. The van der Waals surface area contributed by atoms with Gasteiger partial charge >= 0.3 is 0 Å². The Morgan fingerprint density at radius 2 is 1.40 bits per heavy atom. The first kappa shape index (κ1) is 35.6. The molecule has 0 aliphatic heterocycles. The van der Waals surface area contributed by atoms with Crippen molar-refractivity contribution >= 4 is 5.78 Å². The number of nitrogens with two attached hydrogens (primary N) is 1. The molecule has 0 heterocycles. The van der Waals surface area contributed by atoms with Gasteiger partial charge in [-0.25, -0.2) is 0 Å². The summed E-state index contributed by atoms with van der Waals surface area (Å²) in [4.78, 5) is 11.4. The molecule has 0 saturated carbocycles. The molecule has 0 bridgehead atoms. The van der Waals surface area contributed by atoms with Crippen LogP contribution >= 0.6 is 0 Å². The van der Waals surface area contributed by atoms with Crippen molar-refractivity contribution in [2.45, 2.75) is 119 Å². The first-order valence-corrected chi connectivity index (χ1v) is 10.2. The molecule has 0 aromatic heterocycles. The lowest BCUT2D eigenvalue weighted by molar-refractivity contribution is -0.122. The molecular weight excluding hydrogens is 314 g/mol. The molecule has 0 saturated heterocycles. The number of Topliss-reactive ketones (excluding diaryl/α,β-unsaturated/α-hetero) is 1. The third kappa shape index (κ3) is 35.5. The second kappa shape index (κ2) is 28.4. The van der Waals surface area contributed by atoms with Crippen LogP contribution in [0.2, 0.25) is 0 Å². The van der Waals surface area contributed by atoms with E-state index in [1.54, 1.807) is 0 Å². The fourth-order valence-electron chi connectivity index (χ4n) is 2.09. The summed E-state index contributed by atoms with van der Waals surface area (Å²) in [7, 11) is 1.00. The van der Waals surface area contributed by atoms with Gasteiger partial charge in [0.25, 0.3) is 0 Å². The molecule has 158 valence electrons. The standard InChI is InChI=1S/C13H27NO2.C3H8.2C2H6.CH4O/c1-5-12(15)10(2)7-6-8-13(4,16)9-11(3)14;1-3-2;3*1-2/h10-11,16H,5-9,14H2,1-4H3;3H2,1-2H3;2*1-2H3;2H,1H3. The molecule has 25 heavy (non-hydrogen) atoms. The Kier molecular flexibility index (Phi) is 40.4. The van der Waals surface area contributed by atoms with E-state index in [0.717, 1.165) is 26.4 Å². The maximum atomic E-state index is 11.4. The highest BCUT2D eigenvalue weighted by Gasteiger charge is 2.22. The van der Waals surface area contributed by atoms with E-state index < -0.39 is 5.60 Å². The number of aliphatic hydroxyl groups is 2. The lowest BCUT2D eigenvalue weighted by Crippen LogP contribution is -2.32. The van der Waals surface area contributed by atoms with Gasteiger partial charge in [0.05, 0.1) is 5.60 Å². The number of hydrogen-bond acceptors (Lipinski definition) is 4. The van der Waals surface area contributed by atoms with Gasteiger partial charge in [-0.3, -0.25) is 4.79 Å². The number of carbonyl (C=O) groups is 1. The van der Waals surface area contributed by atoms with Gasteiger partial charge in [0, 0.05) is 25.5 Å². The van der Waals surface area contributed by atoms with Crippen molar-refractivity contribution in [3.63, 3.8) is 0 Å². The monoisotopic (exact) mass is 365 g/mol. The fourth-order valence-corrected chi connectivity index (χ4v) is 2.09. The van der Waals surface area contributed by atoms with Crippen molar-refractivity contribution in [2.24, 2.45) is 11.7 Å². The number of hydrogen-bond donors (Lipinski definition) is 3. The van der Waals surface area contributed by atoms with E-state index in [1.807, 2.05) is 55.4 Å². The summed E-state index contributed by atoms with van der Waals surface area (Å²) < 4.78 is 0. The van der Waals surface area contributed by atoms with Crippen LogP contribution in [0.3, 0.4) is 0 Å². The molecule has 0 amide bonds. The van der Waals surface area contributed by atoms with Crippen LogP contribution in [-0.4, -0.2) is 34.7 Å². The van der Waals surface area contributed by atoms with Crippen LogP contribution in [0, 0.1) is 5.92 Å². The SMILES string of the molecule is CC.CC.CCC.CCC(=O)C(C)CCCC(C)(O)CC(C)N.CO. The van der Waals surface area contributed by atoms with Gasteiger partial charge in [0.1, 0.15) is 5.78 Å². The van der Waals surface area contributed by atoms with Gasteiger partial charge in [-0.2, -0.15) is 0 Å². The van der Waals surface area contributed by atoms with Crippen molar-refractivity contribution in [1.29, 1.82) is 0 Å². The Bertz CT molecular complexity index is 229. The second-order valence-corrected chi connectivity index (χ2v) is 6.00. The third-order valence-corrected chi connectivity index (χ3v) is 3.01. The summed E-state index contributed by atoms with van der Waals surface area (Å²) in [5.41, 5.74) is 4.97. The van der Waals surface area contributed by atoms with Crippen molar-refractivity contribution in [2.75, 3.05) is 7.11 Å². The van der Waals surface area contributed by atoms with E-state index in [2.05, 4.69) is 13.8 Å². The van der Waals surface area contributed by atoms with E-state index in [1.165, 1.54) is 6.42 Å². The Hall–Kier alpha value is -0.450. The van der Waals surface area contributed by atoms with Crippen LogP contribution in [0.5, 0.6) is 0 Å². The lowest BCUT2D eigenvalue weighted by atomic mass is 9.89. The minimum Gasteiger partial charge on any atom is -0.400 e. The highest BCUT2D eigenvalue weighted by atomic mass is 16.3. The zero-order valence-corrected chi connectivity index (χ0v) is 19.3. The average molecular weight is 366 g/mol. The molecule has 0 aliphatic carbocycles. The van der Waals surface area contributed by atoms with Gasteiger partial charge in [0.2, 0.25) is 0 Å². The highest BCUT2D eigenvalue weighted by molar-refractivity contribution is 5.80. The molecule has 0 radical (unpaired) electrons. The zero-order valence-electron chi connectivity index (χ0n) is 19.3. The Balaban J connectivity index is -0.000000126. The van der Waals surface area contributed by atoms with Gasteiger partial charge in [-0.1, -0.05) is 61.8 Å². The highest BCUT2D eigenvalue weighted by Crippen LogP contribution is 2.21. The molecule has 3 unspecified atom stereocenters. The van der Waals surface area contributed by atoms with Gasteiger partial charge in [-0.05, 0) is 39.5 Å². The Morgan fingerprint density at radius 1 is 1.04 bits per heavy atom. The van der Waals surface area contributed by atoms with Crippen molar-refractivity contribution in [1.82, 2.24) is 0 Å². The molecule has 3 atom stereocenters. The average Bonchev–Trinajstić information content (AvgIpc) is 2.58. The first-order valence-electron chi connectivity index (χ1n) is 10.2. The van der Waals surface area contributed by atoms with Crippen molar-refractivity contribution in [3.8, 4) is 0 Å². The third-order valence-electron chi connectivity index (χ3n) is 3.01. The Labute approximate surface area is 159 Å².